The fourth-order valence-corrected chi connectivity index (χ4v) is 7.28. The molecular weight excluding hydrogens is 466 g/mol. The molecule has 1 unspecified atom stereocenters. The second-order valence-corrected chi connectivity index (χ2v) is 11.7. The Bertz CT molecular complexity index is 1270. The highest BCUT2D eigenvalue weighted by molar-refractivity contribution is 7.89. The van der Waals surface area contributed by atoms with Crippen molar-refractivity contribution in [2.75, 3.05) is 11.9 Å². The first-order chi connectivity index (χ1) is 16.2. The van der Waals surface area contributed by atoms with Crippen molar-refractivity contribution in [2.24, 2.45) is 0 Å². The van der Waals surface area contributed by atoms with E-state index in [-0.39, 0.29) is 16.8 Å². The van der Waals surface area contributed by atoms with Crippen LogP contribution in [0, 0.1) is 20.8 Å². The molecule has 4 rings (SSSR count). The molecule has 1 amide bonds. The summed E-state index contributed by atoms with van der Waals surface area (Å²) in [6.45, 7) is 8.78. The fraction of sp³-hybridized carbons (Fsp3) is 0.385. The largest absolute Gasteiger partial charge is 0.298 e. The van der Waals surface area contributed by atoms with Gasteiger partial charge in [0.15, 0.2) is 5.13 Å². The summed E-state index contributed by atoms with van der Waals surface area (Å²) < 4.78 is 27.9. The lowest BCUT2D eigenvalue weighted by Gasteiger charge is -2.34. The number of amides is 1. The molecule has 3 aromatic rings. The molecular formula is C26H31N3O3S2. The Morgan fingerprint density at radius 2 is 1.79 bits per heavy atom. The van der Waals surface area contributed by atoms with Gasteiger partial charge in [-0.25, -0.2) is 13.4 Å². The lowest BCUT2D eigenvalue weighted by molar-refractivity contribution is 0.102. The molecule has 1 atom stereocenters. The molecule has 1 fully saturated rings. The summed E-state index contributed by atoms with van der Waals surface area (Å²) >= 11 is 1.37. The Labute approximate surface area is 206 Å². The topological polar surface area (TPSA) is 79.4 Å². The van der Waals surface area contributed by atoms with Crippen LogP contribution in [-0.2, 0) is 10.0 Å². The Morgan fingerprint density at radius 1 is 1.12 bits per heavy atom. The third-order valence-corrected chi connectivity index (χ3v) is 9.15. The van der Waals surface area contributed by atoms with Gasteiger partial charge in [0.25, 0.3) is 5.91 Å². The highest BCUT2D eigenvalue weighted by Gasteiger charge is 2.32. The number of thiazole rings is 1. The van der Waals surface area contributed by atoms with E-state index >= 15 is 0 Å². The number of carbonyl (C=O) groups excluding carboxylic acids is 1. The van der Waals surface area contributed by atoms with Crippen LogP contribution >= 0.6 is 11.3 Å². The molecule has 0 aliphatic carbocycles. The van der Waals surface area contributed by atoms with Crippen molar-refractivity contribution in [1.29, 1.82) is 0 Å². The van der Waals surface area contributed by atoms with Gasteiger partial charge >= 0.3 is 0 Å². The Balaban J connectivity index is 1.49. The van der Waals surface area contributed by atoms with Crippen LogP contribution in [0.2, 0.25) is 0 Å². The molecule has 6 nitrogen and oxygen atoms in total. The number of aryl methyl sites for hydroxylation is 3. The molecule has 1 aromatic heterocycles. The highest BCUT2D eigenvalue weighted by Crippen LogP contribution is 2.31. The van der Waals surface area contributed by atoms with E-state index in [0.717, 1.165) is 48.1 Å². The minimum Gasteiger partial charge on any atom is -0.298 e. The molecule has 1 aliphatic rings. The zero-order valence-corrected chi connectivity index (χ0v) is 21.7. The summed E-state index contributed by atoms with van der Waals surface area (Å²) in [6, 6.07) is 10.5. The Kier molecular flexibility index (Phi) is 7.21. The van der Waals surface area contributed by atoms with Crippen molar-refractivity contribution in [3.05, 3.63) is 64.0 Å². The maximum absolute atomic E-state index is 13.2. The average molecular weight is 498 g/mol. The molecule has 34 heavy (non-hydrogen) atoms. The summed E-state index contributed by atoms with van der Waals surface area (Å²) in [4.78, 5) is 17.6. The van der Waals surface area contributed by atoms with Gasteiger partial charge in [0, 0.05) is 29.1 Å². The van der Waals surface area contributed by atoms with Crippen molar-refractivity contribution < 1.29 is 13.2 Å². The second-order valence-electron chi connectivity index (χ2n) is 8.96. The maximum atomic E-state index is 13.2. The van der Waals surface area contributed by atoms with Gasteiger partial charge in [-0.1, -0.05) is 31.0 Å². The molecule has 2 heterocycles. The van der Waals surface area contributed by atoms with Crippen LogP contribution in [0.1, 0.15) is 59.7 Å². The van der Waals surface area contributed by atoms with Gasteiger partial charge in [-0.3, -0.25) is 10.1 Å². The van der Waals surface area contributed by atoms with Crippen molar-refractivity contribution >= 4 is 32.4 Å². The van der Waals surface area contributed by atoms with Gasteiger partial charge in [-0.2, -0.15) is 4.31 Å². The third-order valence-electron chi connectivity index (χ3n) is 6.43. The van der Waals surface area contributed by atoms with Crippen molar-refractivity contribution in [1.82, 2.24) is 9.29 Å². The average Bonchev–Trinajstić information content (AvgIpc) is 3.26. The number of hydrogen-bond donors (Lipinski definition) is 1. The number of nitrogens with one attached hydrogen (secondary N) is 1. The maximum Gasteiger partial charge on any atom is 0.257 e. The number of hydrogen-bond acceptors (Lipinski definition) is 5. The lowest BCUT2D eigenvalue weighted by Crippen LogP contribution is -2.43. The number of aromatic nitrogens is 1. The van der Waals surface area contributed by atoms with Gasteiger partial charge in [-0.05, 0) is 75.4 Å². The predicted molar refractivity (Wildman–Crippen MR) is 138 cm³/mol. The van der Waals surface area contributed by atoms with E-state index in [1.165, 1.54) is 29.0 Å². The number of nitrogens with zero attached hydrogens (tertiary/aromatic N) is 2. The van der Waals surface area contributed by atoms with Crippen molar-refractivity contribution in [3.63, 3.8) is 0 Å². The van der Waals surface area contributed by atoms with Crippen molar-refractivity contribution in [2.45, 2.75) is 64.3 Å². The van der Waals surface area contributed by atoms with E-state index in [4.69, 9.17) is 0 Å². The van der Waals surface area contributed by atoms with Crippen LogP contribution in [0.3, 0.4) is 0 Å². The molecule has 2 aromatic carbocycles. The number of carbonyl (C=O) groups is 1. The number of rotatable bonds is 6. The molecule has 0 saturated carbocycles. The molecule has 8 heteroatoms. The van der Waals surface area contributed by atoms with Crippen LogP contribution in [0.25, 0.3) is 11.3 Å². The number of benzene rings is 2. The van der Waals surface area contributed by atoms with E-state index in [1.807, 2.05) is 12.3 Å². The number of piperidine rings is 1. The zero-order chi connectivity index (χ0) is 24.5. The van der Waals surface area contributed by atoms with Crippen LogP contribution in [0.15, 0.2) is 46.7 Å². The SMILES string of the molecule is CCC1CCCCN1S(=O)(=O)c1ccc(C(=O)Nc2nc(-c3c(C)cc(C)cc3C)cs2)cc1. The Hall–Kier alpha value is -2.55. The molecule has 180 valence electrons. The first kappa shape index (κ1) is 24.6. The molecule has 1 N–H and O–H groups in total. The van der Waals surface area contributed by atoms with E-state index < -0.39 is 10.0 Å². The van der Waals surface area contributed by atoms with Crippen LogP contribution in [0.4, 0.5) is 5.13 Å². The smallest absolute Gasteiger partial charge is 0.257 e. The predicted octanol–water partition coefficient (Wildman–Crippen LogP) is 5.94. The van der Waals surface area contributed by atoms with E-state index in [9.17, 15) is 13.2 Å². The summed E-state index contributed by atoms with van der Waals surface area (Å²) in [6.07, 6.45) is 3.64. The minimum absolute atomic E-state index is 0.0432. The zero-order valence-electron chi connectivity index (χ0n) is 20.1. The molecule has 1 saturated heterocycles. The van der Waals surface area contributed by atoms with Crippen LogP contribution in [-0.4, -0.2) is 36.2 Å². The van der Waals surface area contributed by atoms with E-state index in [2.05, 4.69) is 43.2 Å². The van der Waals surface area contributed by atoms with E-state index in [1.54, 1.807) is 16.4 Å². The Morgan fingerprint density at radius 3 is 2.44 bits per heavy atom. The van der Waals surface area contributed by atoms with Crippen LogP contribution < -0.4 is 5.32 Å². The summed E-state index contributed by atoms with van der Waals surface area (Å²) in [5, 5.41) is 5.30. The third kappa shape index (κ3) is 4.94. The van der Waals surface area contributed by atoms with Gasteiger partial charge in [0.1, 0.15) is 0 Å². The highest BCUT2D eigenvalue weighted by atomic mass is 32.2. The van der Waals surface area contributed by atoms with Crippen molar-refractivity contribution in [3.8, 4) is 11.3 Å². The van der Waals surface area contributed by atoms with Gasteiger partial charge in [0.2, 0.25) is 10.0 Å². The molecule has 0 spiro atoms. The fourth-order valence-electron chi connectivity index (χ4n) is 4.81. The van der Waals surface area contributed by atoms with E-state index in [0.29, 0.717) is 17.2 Å². The summed E-state index contributed by atoms with van der Waals surface area (Å²) in [7, 11) is -3.57. The van der Waals surface area contributed by atoms with Gasteiger partial charge in [-0.15, -0.1) is 11.3 Å². The normalized spacial score (nSPS) is 17.0. The number of anilines is 1. The molecule has 0 bridgehead atoms. The second kappa shape index (κ2) is 9.98. The first-order valence-corrected chi connectivity index (χ1v) is 14.0. The summed E-state index contributed by atoms with van der Waals surface area (Å²) in [5.41, 5.74) is 5.82. The monoisotopic (exact) mass is 497 g/mol. The summed E-state index contributed by atoms with van der Waals surface area (Å²) in [5.74, 6) is -0.313. The van der Waals surface area contributed by atoms with Gasteiger partial charge in [0.05, 0.1) is 10.6 Å². The molecule has 1 aliphatic heterocycles. The standard InChI is InChI=1S/C26H31N3O3S2/c1-5-21-8-6-7-13-29(21)34(31,32)22-11-9-20(10-12-22)25(30)28-26-27-23(16-33-26)24-18(3)14-17(2)15-19(24)4/h9-12,14-16,21H,5-8,13H2,1-4H3,(H,27,28,30). The quantitative estimate of drug-likeness (QED) is 0.457. The lowest BCUT2D eigenvalue weighted by atomic mass is 9.98. The molecule has 0 radical (unpaired) electrons. The van der Waals surface area contributed by atoms with Gasteiger partial charge < -0.3 is 0 Å². The minimum atomic E-state index is -3.57. The number of sulfonamides is 1. The van der Waals surface area contributed by atoms with Crippen LogP contribution in [0.5, 0.6) is 0 Å². The first-order valence-electron chi connectivity index (χ1n) is 11.7.